The maximum atomic E-state index is 11.6. The number of likely N-dealkylation sites (N-methyl/N-ethyl adjacent to an activating group) is 1. The monoisotopic (exact) mass is 232 g/mol. The molecule has 0 spiro atoms. The Bertz CT molecular complexity index is 227. The zero-order valence-electron chi connectivity index (χ0n) is 9.85. The quantitative estimate of drug-likeness (QED) is 0.728. The summed E-state index contributed by atoms with van der Waals surface area (Å²) in [5.41, 5.74) is 0.196. The van der Waals surface area contributed by atoms with Gasteiger partial charge in [0.05, 0.1) is 0 Å². The smallest absolute Gasteiger partial charge is 0.224 e. The van der Waals surface area contributed by atoms with Crippen LogP contribution in [0.5, 0.6) is 0 Å². The summed E-state index contributed by atoms with van der Waals surface area (Å²) in [7, 11) is 4.16. The van der Waals surface area contributed by atoms with Crippen LogP contribution in [0, 0.1) is 5.92 Å². The highest BCUT2D eigenvalue weighted by Gasteiger charge is 2.39. The molecule has 1 aliphatic rings. The molecular formula is C11H21ClN2O. The third-order valence-corrected chi connectivity index (χ3v) is 3.97. The summed E-state index contributed by atoms with van der Waals surface area (Å²) < 4.78 is 0. The molecule has 1 rings (SSSR count). The summed E-state index contributed by atoms with van der Waals surface area (Å²) in [6, 6.07) is 0. The molecule has 0 bridgehead atoms. The molecule has 0 aromatic carbocycles. The summed E-state index contributed by atoms with van der Waals surface area (Å²) in [6.07, 6.45) is 3.62. The van der Waals surface area contributed by atoms with Gasteiger partial charge in [0.15, 0.2) is 0 Å². The highest BCUT2D eigenvalue weighted by molar-refractivity contribution is 6.19. The van der Waals surface area contributed by atoms with E-state index >= 15 is 0 Å². The minimum Gasteiger partial charge on any atom is -0.354 e. The maximum Gasteiger partial charge on any atom is 0.224 e. The first-order valence-electron chi connectivity index (χ1n) is 5.53. The normalized spacial score (nSPS) is 20.9. The van der Waals surface area contributed by atoms with Gasteiger partial charge in [0, 0.05) is 23.9 Å². The van der Waals surface area contributed by atoms with Crippen molar-refractivity contribution in [3.63, 3.8) is 0 Å². The molecule has 0 aliphatic heterocycles. The minimum absolute atomic E-state index is 0.0677. The van der Waals surface area contributed by atoms with Gasteiger partial charge in [0.1, 0.15) is 0 Å². The molecule has 1 aliphatic carbocycles. The Balaban J connectivity index is 2.38. The highest BCUT2D eigenvalue weighted by Crippen LogP contribution is 2.35. The molecule has 0 radical (unpaired) electrons. The predicted octanol–water partition coefficient (Wildman–Crippen LogP) is 1.46. The standard InChI is InChI=1S/C11H21ClN2O/c1-9(7-12)10(15)13-8-11(14(2)3)5-4-6-11/h9H,4-8H2,1-3H3,(H,13,15). The van der Waals surface area contributed by atoms with Crippen LogP contribution in [-0.2, 0) is 4.79 Å². The number of rotatable bonds is 5. The number of carbonyl (C=O) groups is 1. The first-order chi connectivity index (χ1) is 7.02. The molecule has 0 aromatic rings. The lowest BCUT2D eigenvalue weighted by Gasteiger charge is -2.47. The van der Waals surface area contributed by atoms with Crippen molar-refractivity contribution in [2.24, 2.45) is 5.92 Å². The second-order valence-corrected chi connectivity index (χ2v) is 5.05. The molecule has 1 N–H and O–H groups in total. The molecule has 4 heteroatoms. The van der Waals surface area contributed by atoms with Gasteiger partial charge in [-0.2, -0.15) is 0 Å². The van der Waals surface area contributed by atoms with E-state index in [1.807, 2.05) is 6.92 Å². The third-order valence-electron chi connectivity index (χ3n) is 3.50. The fourth-order valence-corrected chi connectivity index (χ4v) is 2.00. The van der Waals surface area contributed by atoms with E-state index in [0.29, 0.717) is 5.88 Å². The first-order valence-corrected chi connectivity index (χ1v) is 6.06. The number of nitrogens with zero attached hydrogens (tertiary/aromatic N) is 1. The highest BCUT2D eigenvalue weighted by atomic mass is 35.5. The van der Waals surface area contributed by atoms with Crippen LogP contribution in [0.4, 0.5) is 0 Å². The second-order valence-electron chi connectivity index (χ2n) is 4.75. The third kappa shape index (κ3) is 2.85. The van der Waals surface area contributed by atoms with Gasteiger partial charge in [0.2, 0.25) is 5.91 Å². The molecule has 3 nitrogen and oxygen atoms in total. The van der Waals surface area contributed by atoms with Gasteiger partial charge < -0.3 is 10.2 Å². The fourth-order valence-electron chi connectivity index (χ4n) is 1.86. The SMILES string of the molecule is CC(CCl)C(=O)NCC1(N(C)C)CCC1. The van der Waals surface area contributed by atoms with Crippen molar-refractivity contribution in [2.75, 3.05) is 26.5 Å². The number of nitrogens with one attached hydrogen (secondary N) is 1. The van der Waals surface area contributed by atoms with Gasteiger partial charge in [-0.25, -0.2) is 0 Å². The van der Waals surface area contributed by atoms with Crippen molar-refractivity contribution in [3.05, 3.63) is 0 Å². The molecule has 88 valence electrons. The Morgan fingerprint density at radius 2 is 2.13 bits per heavy atom. The largest absolute Gasteiger partial charge is 0.354 e. The molecule has 0 heterocycles. The lowest BCUT2D eigenvalue weighted by Crippen LogP contribution is -2.57. The number of amides is 1. The van der Waals surface area contributed by atoms with Crippen molar-refractivity contribution >= 4 is 17.5 Å². The van der Waals surface area contributed by atoms with E-state index in [4.69, 9.17) is 11.6 Å². The maximum absolute atomic E-state index is 11.6. The average Bonchev–Trinajstić information content (AvgIpc) is 2.14. The van der Waals surface area contributed by atoms with E-state index in [-0.39, 0.29) is 17.4 Å². The predicted molar refractivity (Wildman–Crippen MR) is 63.2 cm³/mol. The molecule has 0 saturated heterocycles. The molecule has 1 unspecified atom stereocenters. The topological polar surface area (TPSA) is 32.3 Å². The van der Waals surface area contributed by atoms with E-state index in [2.05, 4.69) is 24.3 Å². The van der Waals surface area contributed by atoms with Crippen molar-refractivity contribution in [3.8, 4) is 0 Å². The van der Waals surface area contributed by atoms with Crippen LogP contribution in [0.2, 0.25) is 0 Å². The van der Waals surface area contributed by atoms with Crippen molar-refractivity contribution in [2.45, 2.75) is 31.7 Å². The number of hydrogen-bond acceptors (Lipinski definition) is 2. The Morgan fingerprint density at radius 1 is 1.53 bits per heavy atom. The van der Waals surface area contributed by atoms with Crippen molar-refractivity contribution in [1.29, 1.82) is 0 Å². The number of halogens is 1. The van der Waals surface area contributed by atoms with E-state index in [1.54, 1.807) is 0 Å². The Morgan fingerprint density at radius 3 is 2.47 bits per heavy atom. The van der Waals surface area contributed by atoms with Crippen LogP contribution in [-0.4, -0.2) is 42.9 Å². The minimum atomic E-state index is -0.0917. The molecular weight excluding hydrogens is 212 g/mol. The van der Waals surface area contributed by atoms with Crippen LogP contribution >= 0.6 is 11.6 Å². The van der Waals surface area contributed by atoms with Crippen LogP contribution < -0.4 is 5.32 Å². The van der Waals surface area contributed by atoms with Gasteiger partial charge in [-0.05, 0) is 33.4 Å². The van der Waals surface area contributed by atoms with Crippen molar-refractivity contribution < 1.29 is 4.79 Å². The van der Waals surface area contributed by atoms with Crippen LogP contribution in [0.3, 0.4) is 0 Å². The summed E-state index contributed by atoms with van der Waals surface area (Å²) in [5, 5.41) is 2.99. The van der Waals surface area contributed by atoms with Crippen LogP contribution in [0.25, 0.3) is 0 Å². The first kappa shape index (κ1) is 12.8. The Kier molecular flexibility index (Phi) is 4.41. The summed E-state index contributed by atoms with van der Waals surface area (Å²) >= 11 is 5.64. The lowest BCUT2D eigenvalue weighted by atomic mass is 9.75. The second kappa shape index (κ2) is 5.17. The Hall–Kier alpha value is -0.280. The average molecular weight is 233 g/mol. The van der Waals surface area contributed by atoms with Gasteiger partial charge >= 0.3 is 0 Å². The number of alkyl halides is 1. The molecule has 1 fully saturated rings. The summed E-state index contributed by atoms with van der Waals surface area (Å²) in [6.45, 7) is 2.60. The summed E-state index contributed by atoms with van der Waals surface area (Å²) in [4.78, 5) is 13.8. The zero-order valence-corrected chi connectivity index (χ0v) is 10.6. The number of hydrogen-bond donors (Lipinski definition) is 1. The van der Waals surface area contributed by atoms with Gasteiger partial charge in [-0.15, -0.1) is 11.6 Å². The van der Waals surface area contributed by atoms with Crippen molar-refractivity contribution in [1.82, 2.24) is 10.2 Å². The fraction of sp³-hybridized carbons (Fsp3) is 0.909. The van der Waals surface area contributed by atoms with Gasteiger partial charge in [-0.3, -0.25) is 4.79 Å². The van der Waals surface area contributed by atoms with Crippen LogP contribution in [0.15, 0.2) is 0 Å². The van der Waals surface area contributed by atoms with E-state index in [9.17, 15) is 4.79 Å². The zero-order chi connectivity index (χ0) is 11.5. The van der Waals surface area contributed by atoms with E-state index < -0.39 is 0 Å². The number of carbonyl (C=O) groups excluding carboxylic acids is 1. The molecule has 1 saturated carbocycles. The summed E-state index contributed by atoms with van der Waals surface area (Å²) in [5.74, 6) is 0.366. The lowest BCUT2D eigenvalue weighted by molar-refractivity contribution is -0.124. The van der Waals surface area contributed by atoms with E-state index in [0.717, 1.165) is 6.54 Å². The molecule has 0 aromatic heterocycles. The van der Waals surface area contributed by atoms with Gasteiger partial charge in [0.25, 0.3) is 0 Å². The Labute approximate surface area is 97.2 Å². The molecule has 15 heavy (non-hydrogen) atoms. The molecule has 1 atom stereocenters. The van der Waals surface area contributed by atoms with E-state index in [1.165, 1.54) is 19.3 Å². The van der Waals surface area contributed by atoms with Crippen LogP contribution in [0.1, 0.15) is 26.2 Å². The van der Waals surface area contributed by atoms with Gasteiger partial charge in [-0.1, -0.05) is 6.92 Å². The molecule has 1 amide bonds.